The normalized spacial score (nSPS) is 11.0. The lowest BCUT2D eigenvalue weighted by molar-refractivity contribution is 0.0952. The Morgan fingerprint density at radius 3 is 2.68 bits per heavy atom. The van der Waals surface area contributed by atoms with Crippen molar-refractivity contribution in [3.05, 3.63) is 62.9 Å². The molecule has 22 heavy (non-hydrogen) atoms. The molecule has 1 aromatic carbocycles. The fourth-order valence-electron chi connectivity index (χ4n) is 1.52. The van der Waals surface area contributed by atoms with Gasteiger partial charge in [0.15, 0.2) is 0 Å². The molecule has 8 heteroatoms. The number of carbonyl (C=O) groups is 1. The monoisotopic (exact) mass is 302 g/mol. The highest BCUT2D eigenvalue weighted by molar-refractivity contribution is 5.94. The van der Waals surface area contributed by atoms with E-state index in [4.69, 9.17) is 4.74 Å². The minimum absolute atomic E-state index is 0.187. The molecule has 114 valence electrons. The Bertz CT molecular complexity index is 792. The van der Waals surface area contributed by atoms with E-state index in [9.17, 15) is 14.4 Å². The third kappa shape index (κ3) is 4.17. The van der Waals surface area contributed by atoms with Gasteiger partial charge in [-0.25, -0.2) is 10.2 Å². The average Bonchev–Trinajstić information content (AvgIpc) is 2.51. The number of aromatic nitrogens is 2. The molecule has 0 saturated heterocycles. The zero-order valence-electron chi connectivity index (χ0n) is 11.8. The number of amides is 1. The summed E-state index contributed by atoms with van der Waals surface area (Å²) < 4.78 is 5.45. The van der Waals surface area contributed by atoms with Gasteiger partial charge in [-0.3, -0.25) is 14.6 Å². The number of para-hydroxylation sites is 1. The Hall–Kier alpha value is -3.16. The number of ether oxygens (including phenoxy) is 1. The van der Waals surface area contributed by atoms with Crippen molar-refractivity contribution >= 4 is 11.6 Å². The number of nitrogens with one attached hydrogen (secondary N) is 3. The van der Waals surface area contributed by atoms with Gasteiger partial charge >= 0.3 is 5.69 Å². The topological polar surface area (TPSA) is 116 Å². The smallest absolute Gasteiger partial charge is 0.325 e. The summed E-state index contributed by atoms with van der Waals surface area (Å²) >= 11 is 0. The maximum Gasteiger partial charge on any atom is 0.325 e. The molecular weight excluding hydrogens is 288 g/mol. The number of hydrogen-bond donors (Lipinski definition) is 3. The van der Waals surface area contributed by atoms with Crippen molar-refractivity contribution in [1.29, 1.82) is 0 Å². The first-order valence-electron chi connectivity index (χ1n) is 6.39. The van der Waals surface area contributed by atoms with Crippen LogP contribution in [0.3, 0.4) is 0 Å². The Kier molecular flexibility index (Phi) is 4.86. The zero-order valence-corrected chi connectivity index (χ0v) is 11.8. The third-order valence-electron chi connectivity index (χ3n) is 2.60. The second-order valence-corrected chi connectivity index (χ2v) is 4.38. The molecule has 3 N–H and O–H groups in total. The van der Waals surface area contributed by atoms with Crippen molar-refractivity contribution in [1.82, 2.24) is 15.4 Å². The first-order valence-corrected chi connectivity index (χ1v) is 6.39. The minimum atomic E-state index is -0.783. The maximum atomic E-state index is 11.8. The Morgan fingerprint density at radius 2 is 2.00 bits per heavy atom. The van der Waals surface area contributed by atoms with Crippen molar-refractivity contribution in [3.8, 4) is 5.75 Å². The van der Waals surface area contributed by atoms with Crippen molar-refractivity contribution in [3.63, 3.8) is 0 Å². The number of hydrogen-bond acceptors (Lipinski definition) is 5. The largest absolute Gasteiger partial charge is 0.488 e. The molecule has 8 nitrogen and oxygen atoms in total. The second-order valence-electron chi connectivity index (χ2n) is 4.38. The predicted molar refractivity (Wildman–Crippen MR) is 80.2 cm³/mol. The number of benzene rings is 1. The highest BCUT2D eigenvalue weighted by Crippen LogP contribution is 2.07. The Balaban J connectivity index is 1.94. The van der Waals surface area contributed by atoms with E-state index in [1.165, 1.54) is 0 Å². The van der Waals surface area contributed by atoms with Gasteiger partial charge in [-0.15, -0.1) is 0 Å². The van der Waals surface area contributed by atoms with Gasteiger partial charge in [0, 0.05) is 6.20 Å². The van der Waals surface area contributed by atoms with Crippen molar-refractivity contribution < 1.29 is 9.53 Å². The Labute approximate surface area is 124 Å². The molecule has 0 radical (unpaired) electrons. The number of hydrazone groups is 1. The molecule has 0 fully saturated rings. The molecule has 2 aromatic rings. The van der Waals surface area contributed by atoms with E-state index in [1.807, 2.05) is 23.2 Å². The quantitative estimate of drug-likeness (QED) is 0.542. The lowest BCUT2D eigenvalue weighted by atomic mass is 10.3. The molecule has 1 aromatic heterocycles. The van der Waals surface area contributed by atoms with Crippen molar-refractivity contribution in [2.45, 2.75) is 6.92 Å². The van der Waals surface area contributed by atoms with Crippen LogP contribution >= 0.6 is 0 Å². The van der Waals surface area contributed by atoms with E-state index in [0.29, 0.717) is 11.5 Å². The van der Waals surface area contributed by atoms with Crippen LogP contribution in [0.1, 0.15) is 17.3 Å². The van der Waals surface area contributed by atoms with Crippen LogP contribution < -0.4 is 21.4 Å². The number of carbonyl (C=O) groups excluding carboxylic acids is 1. The SMILES string of the molecule is C/C(COc1ccccc1)=N\NC(=O)c1c[nH]c(=O)[nH]c1=O. The number of nitrogens with zero attached hydrogens (tertiary/aromatic N) is 1. The summed E-state index contributed by atoms with van der Waals surface area (Å²) in [5.41, 5.74) is 1.03. The molecule has 0 aliphatic carbocycles. The van der Waals surface area contributed by atoms with Crippen molar-refractivity contribution in [2.24, 2.45) is 5.10 Å². The molecule has 0 saturated carbocycles. The fourth-order valence-corrected chi connectivity index (χ4v) is 1.52. The van der Waals surface area contributed by atoms with E-state index < -0.39 is 17.2 Å². The van der Waals surface area contributed by atoms with Gasteiger partial charge in [0.1, 0.15) is 17.9 Å². The van der Waals surface area contributed by atoms with Gasteiger partial charge in [-0.1, -0.05) is 18.2 Å². The van der Waals surface area contributed by atoms with Crippen LogP contribution in [0.4, 0.5) is 0 Å². The first-order chi connectivity index (χ1) is 10.6. The van der Waals surface area contributed by atoms with Gasteiger partial charge in [0.05, 0.1) is 5.71 Å². The Morgan fingerprint density at radius 1 is 1.27 bits per heavy atom. The predicted octanol–water partition coefficient (Wildman–Crippen LogP) is 0.248. The highest BCUT2D eigenvalue weighted by Gasteiger charge is 2.10. The summed E-state index contributed by atoms with van der Waals surface area (Å²) in [4.78, 5) is 38.2. The van der Waals surface area contributed by atoms with E-state index >= 15 is 0 Å². The lowest BCUT2D eigenvalue weighted by Gasteiger charge is -2.05. The fraction of sp³-hybridized carbons (Fsp3) is 0.143. The van der Waals surface area contributed by atoms with Crippen LogP contribution in [0.2, 0.25) is 0 Å². The summed E-state index contributed by atoms with van der Waals surface area (Å²) in [6, 6.07) is 9.14. The molecule has 1 heterocycles. The van der Waals surface area contributed by atoms with E-state index in [-0.39, 0.29) is 12.2 Å². The molecule has 0 aliphatic heterocycles. The third-order valence-corrected chi connectivity index (χ3v) is 2.60. The second kappa shape index (κ2) is 7.02. The molecule has 0 unspecified atom stereocenters. The van der Waals surface area contributed by atoms with E-state index in [1.54, 1.807) is 19.1 Å². The molecule has 0 spiro atoms. The number of aromatic amines is 2. The zero-order chi connectivity index (χ0) is 15.9. The summed E-state index contributed by atoms with van der Waals surface area (Å²) in [7, 11) is 0. The van der Waals surface area contributed by atoms with Crippen molar-refractivity contribution in [2.75, 3.05) is 6.61 Å². The number of rotatable bonds is 5. The van der Waals surface area contributed by atoms with E-state index in [2.05, 4.69) is 15.5 Å². The van der Waals surface area contributed by atoms with Crippen LogP contribution in [0.15, 0.2) is 51.2 Å². The highest BCUT2D eigenvalue weighted by atomic mass is 16.5. The van der Waals surface area contributed by atoms with Crippen LogP contribution in [0.5, 0.6) is 5.75 Å². The van der Waals surface area contributed by atoms with Gasteiger partial charge in [-0.2, -0.15) is 5.10 Å². The number of H-pyrrole nitrogens is 2. The van der Waals surface area contributed by atoms with E-state index in [0.717, 1.165) is 6.20 Å². The summed E-state index contributed by atoms with van der Waals surface area (Å²) in [6.45, 7) is 1.85. The van der Waals surface area contributed by atoms with Gasteiger partial charge < -0.3 is 9.72 Å². The molecule has 0 atom stereocenters. The minimum Gasteiger partial charge on any atom is -0.488 e. The molecular formula is C14H14N4O4. The van der Waals surface area contributed by atoms with Crippen LogP contribution in [0, 0.1) is 0 Å². The van der Waals surface area contributed by atoms with Gasteiger partial charge in [0.25, 0.3) is 11.5 Å². The van der Waals surface area contributed by atoms with Crippen LogP contribution in [0.25, 0.3) is 0 Å². The maximum absolute atomic E-state index is 11.8. The molecule has 0 aliphatic rings. The van der Waals surface area contributed by atoms with Crippen LogP contribution in [-0.2, 0) is 0 Å². The van der Waals surface area contributed by atoms with Gasteiger partial charge in [0.2, 0.25) is 0 Å². The molecule has 1 amide bonds. The van der Waals surface area contributed by atoms with Crippen LogP contribution in [-0.4, -0.2) is 28.2 Å². The first kappa shape index (κ1) is 15.2. The molecule has 2 rings (SSSR count). The molecule has 0 bridgehead atoms. The standard InChI is InChI=1S/C14H14N4O4/c1-9(8-22-10-5-3-2-4-6-10)17-18-13(20)11-7-15-14(21)16-12(11)19/h2-7H,8H2,1H3,(H,18,20)(H2,15,16,19,21)/b17-9+. The summed E-state index contributed by atoms with van der Waals surface area (Å²) in [5.74, 6) is -0.0444. The summed E-state index contributed by atoms with van der Waals surface area (Å²) in [6.07, 6.45) is 1.03. The van der Waals surface area contributed by atoms with Gasteiger partial charge in [-0.05, 0) is 19.1 Å². The lowest BCUT2D eigenvalue weighted by Crippen LogP contribution is -2.32. The summed E-state index contributed by atoms with van der Waals surface area (Å²) in [5, 5.41) is 3.83. The average molecular weight is 302 g/mol.